The number of sulfone groups is 1. The fourth-order valence-corrected chi connectivity index (χ4v) is 8.32. The number of β-lactam (4-membered cyclic amide) rings is 1. The molecule has 0 spiro atoms. The van der Waals surface area contributed by atoms with Crippen molar-refractivity contribution in [3.05, 3.63) is 70.5 Å². The first-order valence-electron chi connectivity index (χ1n) is 14.3. The van der Waals surface area contributed by atoms with Crippen molar-refractivity contribution in [3.8, 4) is 5.75 Å². The maximum atomic E-state index is 13.6. The normalized spacial score (nSPS) is 21.7. The lowest BCUT2D eigenvalue weighted by atomic mass is 9.95. The minimum absolute atomic E-state index is 0.0183. The second kappa shape index (κ2) is 11.7. The molecule has 2 N–H and O–H groups in total. The number of ether oxygens (including phenoxy) is 2. The average molecular weight is 624 g/mol. The number of nitrogens with one attached hydrogen (secondary N) is 2. The molecule has 2 aromatic carbocycles. The number of hydrogen-bond donors (Lipinski definition) is 2. The largest absolute Gasteiger partial charge is 0.487 e. The van der Waals surface area contributed by atoms with E-state index in [-0.39, 0.29) is 30.4 Å². The molecular weight excluding hydrogens is 593 g/mol. The topological polar surface area (TPSA) is 135 Å². The number of esters is 1. The van der Waals surface area contributed by atoms with E-state index < -0.39 is 44.8 Å². The van der Waals surface area contributed by atoms with E-state index in [4.69, 9.17) is 21.1 Å². The van der Waals surface area contributed by atoms with Gasteiger partial charge in [0.2, 0.25) is 5.91 Å². The van der Waals surface area contributed by atoms with Crippen LogP contribution in [0.15, 0.2) is 59.9 Å². The molecule has 1 aliphatic carbocycles. The van der Waals surface area contributed by atoms with Gasteiger partial charge in [-0.2, -0.15) is 0 Å². The summed E-state index contributed by atoms with van der Waals surface area (Å²) in [6.07, 6.45) is 5.57. The number of H-pyrrole nitrogens is 1. The highest BCUT2D eigenvalue weighted by Crippen LogP contribution is 2.39. The zero-order valence-corrected chi connectivity index (χ0v) is 25.2. The number of hydrogen-bond acceptors (Lipinski definition) is 7. The Balaban J connectivity index is 1.29. The number of aromatic nitrogens is 1. The predicted molar refractivity (Wildman–Crippen MR) is 163 cm³/mol. The molecule has 1 saturated carbocycles. The first-order valence-corrected chi connectivity index (χ1v) is 16.4. The summed E-state index contributed by atoms with van der Waals surface area (Å²) < 4.78 is 39.0. The van der Waals surface area contributed by atoms with Crippen molar-refractivity contribution in [1.29, 1.82) is 0 Å². The number of benzene rings is 2. The third-order valence-corrected chi connectivity index (χ3v) is 10.7. The molecule has 3 aliphatic rings. The first-order chi connectivity index (χ1) is 20.6. The number of rotatable bonds is 8. The molecule has 6 rings (SSSR count). The molecule has 10 nitrogen and oxygen atoms in total. The maximum absolute atomic E-state index is 13.6. The van der Waals surface area contributed by atoms with E-state index in [1.165, 1.54) is 0 Å². The Kier molecular flexibility index (Phi) is 7.99. The third kappa shape index (κ3) is 5.65. The van der Waals surface area contributed by atoms with Gasteiger partial charge in [0.1, 0.15) is 38.0 Å². The van der Waals surface area contributed by atoms with Gasteiger partial charge in [0, 0.05) is 16.8 Å². The zero-order valence-electron chi connectivity index (χ0n) is 23.6. The Morgan fingerprint density at radius 1 is 1.09 bits per heavy atom. The summed E-state index contributed by atoms with van der Waals surface area (Å²) in [5.41, 5.74) is 2.27. The van der Waals surface area contributed by atoms with Crippen LogP contribution in [0.3, 0.4) is 0 Å². The summed E-state index contributed by atoms with van der Waals surface area (Å²) >= 11 is 6.54. The molecule has 2 amide bonds. The van der Waals surface area contributed by atoms with Crippen LogP contribution >= 0.6 is 11.6 Å². The molecule has 2 atom stereocenters. The van der Waals surface area contributed by atoms with Gasteiger partial charge in [-0.3, -0.25) is 14.5 Å². The monoisotopic (exact) mass is 623 g/mol. The second-order valence-corrected chi connectivity index (χ2v) is 13.8. The van der Waals surface area contributed by atoms with Gasteiger partial charge in [0.25, 0.3) is 5.91 Å². The Labute approximate surface area is 255 Å². The molecule has 3 heterocycles. The first kappa shape index (κ1) is 29.3. The predicted octanol–water partition coefficient (Wildman–Crippen LogP) is 1.91. The highest BCUT2D eigenvalue weighted by atomic mass is 35.5. The highest BCUT2D eigenvalue weighted by molar-refractivity contribution is 7.92. The van der Waals surface area contributed by atoms with E-state index in [0.29, 0.717) is 29.0 Å². The van der Waals surface area contributed by atoms with Gasteiger partial charge in [-0.25, -0.2) is 13.2 Å². The van der Waals surface area contributed by atoms with Crippen LogP contribution in [-0.4, -0.2) is 73.8 Å². The minimum atomic E-state index is -4.01. The molecule has 1 aromatic heterocycles. The van der Waals surface area contributed by atoms with E-state index in [1.54, 1.807) is 30.5 Å². The lowest BCUT2D eigenvalue weighted by Gasteiger charge is -2.49. The van der Waals surface area contributed by atoms with Crippen LogP contribution < -0.4 is 15.5 Å². The van der Waals surface area contributed by atoms with Crippen molar-refractivity contribution in [3.63, 3.8) is 0 Å². The number of fused-ring (bicyclic) bond motifs is 2. The van der Waals surface area contributed by atoms with Gasteiger partial charge in [-0.05, 0) is 37.3 Å². The molecular formula is C30H31BClN3O7S. The van der Waals surface area contributed by atoms with Crippen LogP contribution in [-0.2, 0) is 35.4 Å². The summed E-state index contributed by atoms with van der Waals surface area (Å²) in [6, 6.07) is 11.3. The lowest BCUT2D eigenvalue weighted by molar-refractivity contribution is -0.156. The molecule has 2 fully saturated rings. The molecule has 224 valence electrons. The van der Waals surface area contributed by atoms with E-state index >= 15 is 0 Å². The van der Waals surface area contributed by atoms with Gasteiger partial charge in [0.05, 0.1) is 23.1 Å². The summed E-state index contributed by atoms with van der Waals surface area (Å²) in [4.78, 5) is 43.9. The number of amides is 2. The molecule has 0 radical (unpaired) electrons. The summed E-state index contributed by atoms with van der Waals surface area (Å²) in [7, 11) is -2.15. The Morgan fingerprint density at radius 2 is 1.84 bits per heavy atom. The maximum Gasteiger partial charge on any atom is 0.355 e. The minimum Gasteiger partial charge on any atom is -0.487 e. The zero-order chi connectivity index (χ0) is 30.3. The molecule has 2 unspecified atom stereocenters. The molecule has 43 heavy (non-hydrogen) atoms. The van der Waals surface area contributed by atoms with Crippen molar-refractivity contribution >= 4 is 63.4 Å². The van der Waals surface area contributed by atoms with Crippen LogP contribution in [0.2, 0.25) is 5.02 Å². The van der Waals surface area contributed by atoms with Crippen LogP contribution in [0.4, 0.5) is 0 Å². The highest BCUT2D eigenvalue weighted by Gasteiger charge is 2.61. The molecule has 2 aliphatic heterocycles. The van der Waals surface area contributed by atoms with Gasteiger partial charge in [0.15, 0.2) is 15.2 Å². The number of nitrogens with zero attached hydrogens (tertiary/aromatic N) is 1. The summed E-state index contributed by atoms with van der Waals surface area (Å²) in [6.45, 7) is -0.285. The fourth-order valence-electron chi connectivity index (χ4n) is 6.05. The number of carbonyl (C=O) groups excluding carboxylic acids is 3. The van der Waals surface area contributed by atoms with E-state index in [0.717, 1.165) is 40.7 Å². The van der Waals surface area contributed by atoms with Crippen LogP contribution in [0.25, 0.3) is 10.9 Å². The van der Waals surface area contributed by atoms with Crippen molar-refractivity contribution in [2.24, 2.45) is 0 Å². The molecule has 0 bridgehead atoms. The van der Waals surface area contributed by atoms with Crippen molar-refractivity contribution < 1.29 is 32.3 Å². The number of carbonyl (C=O) groups is 3. The Morgan fingerprint density at radius 3 is 2.58 bits per heavy atom. The van der Waals surface area contributed by atoms with Crippen LogP contribution in [0, 0.1) is 0 Å². The van der Waals surface area contributed by atoms with E-state index in [9.17, 15) is 22.8 Å². The third-order valence-electron chi connectivity index (χ3n) is 8.25. The Hall–Kier alpha value is -3.77. The second-order valence-electron chi connectivity index (χ2n) is 11.3. The van der Waals surface area contributed by atoms with Crippen molar-refractivity contribution in [2.45, 2.75) is 56.0 Å². The van der Waals surface area contributed by atoms with E-state index in [2.05, 4.69) is 10.3 Å². The summed E-state index contributed by atoms with van der Waals surface area (Å²) in [5.74, 6) is -2.09. The van der Waals surface area contributed by atoms with E-state index in [1.807, 2.05) is 26.0 Å². The Bertz CT molecular complexity index is 1730. The van der Waals surface area contributed by atoms with Crippen molar-refractivity contribution in [2.75, 3.05) is 12.4 Å². The van der Waals surface area contributed by atoms with Crippen LogP contribution in [0.1, 0.15) is 37.7 Å². The van der Waals surface area contributed by atoms with Gasteiger partial charge < -0.3 is 19.8 Å². The van der Waals surface area contributed by atoms with Crippen LogP contribution in [0.5, 0.6) is 5.75 Å². The number of aromatic amines is 1. The molecule has 13 heteroatoms. The smallest absolute Gasteiger partial charge is 0.355 e. The fraction of sp³-hybridized carbons (Fsp3) is 0.367. The molecule has 3 aromatic rings. The quantitative estimate of drug-likeness (QED) is 0.222. The van der Waals surface area contributed by atoms with Crippen molar-refractivity contribution in [1.82, 2.24) is 15.2 Å². The van der Waals surface area contributed by atoms with Gasteiger partial charge in [-0.15, -0.1) is 0 Å². The standard InChI is InChI=1S/C30H31BClN3O7S/c31-20-11-12-21-24(25(20)32)22(14-33-21)41-15-18-16-43(39,40)29-26(34-23(36)13-17-7-3-1-4-8-17)28(37)35(29)27(18)30(38)42-19-9-5-2-6-10-19/h1,3-4,7-8,11-12,14,19,26,29,33H,2,5-6,9-10,13,15-16,31H2,(H,34,36). The SMILES string of the molecule is Bc1ccc2[nH]cc(OCC3=C(C(=O)OC4CCCCC4)N4C(=O)C(NC(=O)Cc5ccccc5)C4S(=O)(=O)C3)c2c1Cl. The molecule has 1 saturated heterocycles. The lowest BCUT2D eigenvalue weighted by Crippen LogP contribution is -2.75. The van der Waals surface area contributed by atoms with Gasteiger partial charge in [-0.1, -0.05) is 59.9 Å². The summed E-state index contributed by atoms with van der Waals surface area (Å²) in [5, 5.41) is 2.28. The average Bonchev–Trinajstić information content (AvgIpc) is 3.40. The van der Waals surface area contributed by atoms with Gasteiger partial charge >= 0.3 is 5.97 Å². The number of halogens is 1.